The Balaban J connectivity index is 0.00000144. The van der Waals surface area contributed by atoms with Crippen LogP contribution in [-0.4, -0.2) is 37.3 Å². The molecule has 1 aromatic carbocycles. The first kappa shape index (κ1) is 16.8. The van der Waals surface area contributed by atoms with E-state index in [2.05, 4.69) is 10.1 Å². The van der Waals surface area contributed by atoms with Crippen molar-refractivity contribution < 1.29 is 9.94 Å². The van der Waals surface area contributed by atoms with Crippen molar-refractivity contribution in [1.29, 1.82) is 0 Å². The van der Waals surface area contributed by atoms with Crippen molar-refractivity contribution in [3.8, 4) is 0 Å². The molecule has 0 aromatic heterocycles. The van der Waals surface area contributed by atoms with Crippen molar-refractivity contribution in [2.75, 3.05) is 31.2 Å². The molecular weight excluding hydrogens is 277 g/mol. The number of nitrogens with two attached hydrogens (primary N) is 1. The summed E-state index contributed by atoms with van der Waals surface area (Å²) in [5.41, 5.74) is 7.35. The Bertz CT molecular complexity index is 378. The average molecular weight is 294 g/mol. The highest BCUT2D eigenvalue weighted by molar-refractivity contribution is 5.97. The predicted octanol–water partition coefficient (Wildman–Crippen LogP) is 1.46. The second-order valence-electron chi connectivity index (χ2n) is 3.63. The summed E-state index contributed by atoms with van der Waals surface area (Å²) in [7, 11) is 0. The molecule has 1 aliphatic rings. The monoisotopic (exact) mass is 293 g/mol. The summed E-state index contributed by atoms with van der Waals surface area (Å²) in [5.74, 6) is 0.133. The molecule has 0 bridgehead atoms. The van der Waals surface area contributed by atoms with E-state index >= 15 is 0 Å². The standard InChI is InChI=1S/C11H15N3O2.2ClH/c12-11(13-15)9-1-3-10(4-2-9)14-5-7-16-8-6-14;;/h1-4,15H,5-8H2,(H2,12,13);2*1H. The summed E-state index contributed by atoms with van der Waals surface area (Å²) >= 11 is 0. The third-order valence-electron chi connectivity index (χ3n) is 2.65. The van der Waals surface area contributed by atoms with E-state index in [1.54, 1.807) is 0 Å². The number of amidine groups is 1. The number of oxime groups is 1. The fraction of sp³-hybridized carbons (Fsp3) is 0.364. The van der Waals surface area contributed by atoms with Crippen LogP contribution < -0.4 is 10.6 Å². The van der Waals surface area contributed by atoms with Crippen LogP contribution in [0.1, 0.15) is 5.56 Å². The molecule has 0 unspecified atom stereocenters. The lowest BCUT2D eigenvalue weighted by Gasteiger charge is -2.28. The minimum atomic E-state index is 0. The normalized spacial score (nSPS) is 15.6. The molecule has 0 amide bonds. The van der Waals surface area contributed by atoms with Gasteiger partial charge in [-0.3, -0.25) is 0 Å². The van der Waals surface area contributed by atoms with E-state index in [1.807, 2.05) is 24.3 Å². The van der Waals surface area contributed by atoms with Crippen LogP contribution in [0.4, 0.5) is 5.69 Å². The Morgan fingerprint density at radius 1 is 1.17 bits per heavy atom. The number of hydrogen-bond donors (Lipinski definition) is 2. The number of morpholine rings is 1. The molecule has 3 N–H and O–H groups in total. The van der Waals surface area contributed by atoms with Crippen molar-refractivity contribution in [2.24, 2.45) is 10.9 Å². The van der Waals surface area contributed by atoms with Gasteiger partial charge >= 0.3 is 0 Å². The highest BCUT2D eigenvalue weighted by Crippen LogP contribution is 2.16. The topological polar surface area (TPSA) is 71.1 Å². The lowest BCUT2D eigenvalue weighted by Crippen LogP contribution is -2.36. The molecule has 1 saturated heterocycles. The summed E-state index contributed by atoms with van der Waals surface area (Å²) in [6.07, 6.45) is 0. The zero-order chi connectivity index (χ0) is 11.4. The Morgan fingerprint density at radius 3 is 2.22 bits per heavy atom. The first-order chi connectivity index (χ1) is 7.81. The Morgan fingerprint density at radius 2 is 1.72 bits per heavy atom. The van der Waals surface area contributed by atoms with Crippen molar-refractivity contribution in [3.05, 3.63) is 29.8 Å². The van der Waals surface area contributed by atoms with Crippen LogP contribution >= 0.6 is 24.8 Å². The highest BCUT2D eigenvalue weighted by Gasteiger charge is 2.10. The zero-order valence-electron chi connectivity index (χ0n) is 9.78. The largest absolute Gasteiger partial charge is 0.409 e. The fourth-order valence-corrected chi connectivity index (χ4v) is 1.72. The number of hydrogen-bond acceptors (Lipinski definition) is 4. The van der Waals surface area contributed by atoms with Crippen LogP contribution in [0, 0.1) is 0 Å². The summed E-state index contributed by atoms with van der Waals surface area (Å²) in [4.78, 5) is 2.25. The molecule has 0 aliphatic carbocycles. The Labute approximate surface area is 118 Å². The molecule has 2 rings (SSSR count). The maximum atomic E-state index is 8.54. The number of ether oxygens (including phenoxy) is 1. The van der Waals surface area contributed by atoms with Gasteiger partial charge in [-0.2, -0.15) is 0 Å². The van der Waals surface area contributed by atoms with Crippen LogP contribution in [0.5, 0.6) is 0 Å². The van der Waals surface area contributed by atoms with Crippen LogP contribution in [0.15, 0.2) is 29.4 Å². The van der Waals surface area contributed by atoms with Crippen LogP contribution in [0.2, 0.25) is 0 Å². The van der Waals surface area contributed by atoms with Crippen LogP contribution in [-0.2, 0) is 4.74 Å². The fourth-order valence-electron chi connectivity index (χ4n) is 1.72. The van der Waals surface area contributed by atoms with Gasteiger partial charge in [0.05, 0.1) is 13.2 Å². The number of nitrogens with zero attached hydrogens (tertiary/aromatic N) is 2. The molecule has 0 radical (unpaired) electrons. The van der Waals surface area contributed by atoms with Gasteiger partial charge in [-0.15, -0.1) is 24.8 Å². The maximum Gasteiger partial charge on any atom is 0.170 e. The van der Waals surface area contributed by atoms with Gasteiger partial charge in [0.2, 0.25) is 0 Å². The lowest BCUT2D eigenvalue weighted by atomic mass is 10.2. The summed E-state index contributed by atoms with van der Waals surface area (Å²) in [5, 5.41) is 11.5. The molecule has 7 heteroatoms. The lowest BCUT2D eigenvalue weighted by molar-refractivity contribution is 0.122. The molecule has 0 spiro atoms. The van der Waals surface area contributed by atoms with Gasteiger partial charge < -0.3 is 20.6 Å². The molecule has 1 aromatic rings. The molecular formula is C11H17Cl2N3O2. The molecule has 1 fully saturated rings. The van der Waals surface area contributed by atoms with Gasteiger partial charge in [0.25, 0.3) is 0 Å². The minimum absolute atomic E-state index is 0. The van der Waals surface area contributed by atoms with Gasteiger partial charge in [-0.05, 0) is 24.3 Å². The number of rotatable bonds is 2. The first-order valence-corrected chi connectivity index (χ1v) is 5.22. The van der Waals surface area contributed by atoms with Crippen molar-refractivity contribution >= 4 is 36.3 Å². The van der Waals surface area contributed by atoms with E-state index < -0.39 is 0 Å². The molecule has 18 heavy (non-hydrogen) atoms. The van der Waals surface area contributed by atoms with Crippen LogP contribution in [0.3, 0.4) is 0 Å². The van der Waals surface area contributed by atoms with Gasteiger partial charge in [0.15, 0.2) is 5.84 Å². The highest BCUT2D eigenvalue weighted by atomic mass is 35.5. The zero-order valence-corrected chi connectivity index (χ0v) is 11.4. The second kappa shape index (κ2) is 8.02. The van der Waals surface area contributed by atoms with E-state index in [4.69, 9.17) is 15.7 Å². The maximum absolute atomic E-state index is 8.54. The van der Waals surface area contributed by atoms with Gasteiger partial charge in [0, 0.05) is 24.3 Å². The molecule has 1 heterocycles. The Hall–Kier alpha value is -1.17. The first-order valence-electron chi connectivity index (χ1n) is 5.22. The molecule has 1 aliphatic heterocycles. The molecule has 5 nitrogen and oxygen atoms in total. The summed E-state index contributed by atoms with van der Waals surface area (Å²) in [6.45, 7) is 3.34. The summed E-state index contributed by atoms with van der Waals surface area (Å²) in [6, 6.07) is 7.64. The SMILES string of the molecule is Cl.Cl.NC(=NO)c1ccc(N2CCOCC2)cc1. The number of anilines is 1. The predicted molar refractivity (Wildman–Crippen MR) is 76.5 cm³/mol. The van der Waals surface area contributed by atoms with Crippen molar-refractivity contribution in [2.45, 2.75) is 0 Å². The number of halogens is 2. The van der Waals surface area contributed by atoms with E-state index in [-0.39, 0.29) is 30.6 Å². The second-order valence-corrected chi connectivity index (χ2v) is 3.63. The molecule has 102 valence electrons. The van der Waals surface area contributed by atoms with Gasteiger partial charge in [-0.25, -0.2) is 0 Å². The van der Waals surface area contributed by atoms with Crippen molar-refractivity contribution in [3.63, 3.8) is 0 Å². The minimum Gasteiger partial charge on any atom is -0.409 e. The average Bonchev–Trinajstić information content (AvgIpc) is 2.39. The third-order valence-corrected chi connectivity index (χ3v) is 2.65. The van der Waals surface area contributed by atoms with Gasteiger partial charge in [0.1, 0.15) is 0 Å². The van der Waals surface area contributed by atoms with Crippen molar-refractivity contribution in [1.82, 2.24) is 0 Å². The smallest absolute Gasteiger partial charge is 0.170 e. The quantitative estimate of drug-likeness (QED) is 0.375. The van der Waals surface area contributed by atoms with E-state index in [0.29, 0.717) is 0 Å². The number of benzene rings is 1. The van der Waals surface area contributed by atoms with Crippen LogP contribution in [0.25, 0.3) is 0 Å². The molecule has 0 saturated carbocycles. The van der Waals surface area contributed by atoms with E-state index in [0.717, 1.165) is 37.6 Å². The third kappa shape index (κ3) is 3.94. The van der Waals surface area contributed by atoms with E-state index in [9.17, 15) is 0 Å². The van der Waals surface area contributed by atoms with E-state index in [1.165, 1.54) is 0 Å². The molecule has 0 atom stereocenters. The van der Waals surface area contributed by atoms with Gasteiger partial charge in [-0.1, -0.05) is 5.16 Å². The Kier molecular flexibility index (Phi) is 7.50. The summed E-state index contributed by atoms with van der Waals surface area (Å²) < 4.78 is 5.29.